The maximum atomic E-state index is 11.6. The van der Waals surface area contributed by atoms with Gasteiger partial charge in [-0.1, -0.05) is 18.2 Å². The fourth-order valence-electron chi connectivity index (χ4n) is 2.24. The van der Waals surface area contributed by atoms with Crippen LogP contribution in [0.5, 0.6) is 0 Å². The van der Waals surface area contributed by atoms with Gasteiger partial charge in [0.15, 0.2) is 9.84 Å². The van der Waals surface area contributed by atoms with Crippen molar-refractivity contribution in [2.24, 2.45) is 0 Å². The summed E-state index contributed by atoms with van der Waals surface area (Å²) in [5.74, 6) is 0. The predicted molar refractivity (Wildman–Crippen MR) is 76.5 cm³/mol. The molecule has 0 fully saturated rings. The second kappa shape index (κ2) is 4.35. The second-order valence-corrected chi connectivity index (χ2v) is 7.03. The van der Waals surface area contributed by atoms with E-state index in [2.05, 4.69) is 9.97 Å². The number of hydrogen-bond acceptors (Lipinski definition) is 3. The van der Waals surface area contributed by atoms with Crippen LogP contribution in [0, 0.1) is 0 Å². The summed E-state index contributed by atoms with van der Waals surface area (Å²) in [7, 11) is -3.05. The van der Waals surface area contributed by atoms with Gasteiger partial charge in [0.25, 0.3) is 0 Å². The van der Waals surface area contributed by atoms with E-state index in [1.54, 1.807) is 6.20 Å². The van der Waals surface area contributed by atoms with Gasteiger partial charge in [0, 0.05) is 29.6 Å². The summed E-state index contributed by atoms with van der Waals surface area (Å²) in [5, 5.41) is 0.586. The van der Waals surface area contributed by atoms with Crippen molar-refractivity contribution in [1.82, 2.24) is 9.97 Å². The molecule has 1 atom stereocenters. The molecule has 4 nitrogen and oxygen atoms in total. The topological polar surface area (TPSA) is 62.8 Å². The number of nitrogens with one attached hydrogen (secondary N) is 1. The molecule has 0 aliphatic heterocycles. The molecular formula is C14H14N2O2S. The molecule has 1 N–H and O–H groups in total. The van der Waals surface area contributed by atoms with Crippen LogP contribution in [0.2, 0.25) is 0 Å². The SMILES string of the molecule is CS(=O)(=O)C1C=C(c2cnc3[nH]ccc3c2)C=CC1. The number of rotatable bonds is 2. The molecule has 1 aliphatic carbocycles. The molecule has 0 saturated heterocycles. The number of fused-ring (bicyclic) bond motifs is 1. The molecule has 0 saturated carbocycles. The van der Waals surface area contributed by atoms with Crippen molar-refractivity contribution >= 4 is 26.4 Å². The first kappa shape index (κ1) is 12.2. The summed E-state index contributed by atoms with van der Waals surface area (Å²) in [6.45, 7) is 0. The first-order valence-corrected chi connectivity index (χ1v) is 8.00. The van der Waals surface area contributed by atoms with Gasteiger partial charge in [-0.15, -0.1) is 0 Å². The Balaban J connectivity index is 2.05. The van der Waals surface area contributed by atoms with Crippen LogP contribution in [0.1, 0.15) is 12.0 Å². The van der Waals surface area contributed by atoms with Crippen LogP contribution in [-0.4, -0.2) is 29.9 Å². The lowest BCUT2D eigenvalue weighted by Gasteiger charge is -2.15. The summed E-state index contributed by atoms with van der Waals surface area (Å²) >= 11 is 0. The lowest BCUT2D eigenvalue weighted by atomic mass is 10.0. The maximum absolute atomic E-state index is 11.6. The largest absolute Gasteiger partial charge is 0.346 e. The number of allylic oxidation sites excluding steroid dienone is 3. The fraction of sp³-hybridized carbons (Fsp3) is 0.214. The zero-order valence-corrected chi connectivity index (χ0v) is 11.3. The van der Waals surface area contributed by atoms with Crippen LogP contribution in [0.25, 0.3) is 16.6 Å². The summed E-state index contributed by atoms with van der Waals surface area (Å²) in [6.07, 6.45) is 11.1. The molecule has 3 rings (SSSR count). The van der Waals surface area contributed by atoms with E-state index < -0.39 is 15.1 Å². The Kier molecular flexibility index (Phi) is 2.78. The van der Waals surface area contributed by atoms with E-state index in [-0.39, 0.29) is 0 Å². The van der Waals surface area contributed by atoms with Gasteiger partial charge in [-0.3, -0.25) is 0 Å². The molecule has 98 valence electrons. The molecule has 2 heterocycles. The highest BCUT2D eigenvalue weighted by atomic mass is 32.2. The predicted octanol–water partition coefficient (Wildman–Crippen LogP) is 2.32. The van der Waals surface area contributed by atoms with Crippen LogP contribution in [0.4, 0.5) is 0 Å². The van der Waals surface area contributed by atoms with Crippen molar-refractivity contribution in [3.8, 4) is 0 Å². The molecule has 0 bridgehead atoms. The van der Waals surface area contributed by atoms with Crippen LogP contribution >= 0.6 is 0 Å². The van der Waals surface area contributed by atoms with E-state index >= 15 is 0 Å². The van der Waals surface area contributed by atoms with Crippen molar-refractivity contribution < 1.29 is 8.42 Å². The molecular weight excluding hydrogens is 260 g/mol. The van der Waals surface area contributed by atoms with Crippen LogP contribution in [0.3, 0.4) is 0 Å². The van der Waals surface area contributed by atoms with Gasteiger partial charge in [0.1, 0.15) is 5.65 Å². The molecule has 2 aromatic heterocycles. The number of nitrogens with zero attached hydrogens (tertiary/aromatic N) is 1. The van der Waals surface area contributed by atoms with Crippen molar-refractivity contribution in [3.63, 3.8) is 0 Å². The molecule has 5 heteroatoms. The first-order valence-electron chi connectivity index (χ1n) is 6.05. The zero-order valence-electron chi connectivity index (χ0n) is 10.5. The Labute approximate surface area is 111 Å². The molecule has 2 aromatic rings. The molecule has 0 radical (unpaired) electrons. The molecule has 19 heavy (non-hydrogen) atoms. The van der Waals surface area contributed by atoms with Gasteiger partial charge in [0.05, 0.1) is 5.25 Å². The molecule has 0 spiro atoms. The molecule has 0 aromatic carbocycles. The van der Waals surface area contributed by atoms with Gasteiger partial charge >= 0.3 is 0 Å². The number of H-pyrrole nitrogens is 1. The molecule has 0 amide bonds. The smallest absolute Gasteiger partial charge is 0.154 e. The normalized spacial score (nSPS) is 19.6. The Morgan fingerprint density at radius 2 is 2.26 bits per heavy atom. The number of pyridine rings is 1. The highest BCUT2D eigenvalue weighted by Gasteiger charge is 2.20. The van der Waals surface area contributed by atoms with Gasteiger partial charge in [-0.05, 0) is 24.1 Å². The van der Waals surface area contributed by atoms with Crippen molar-refractivity contribution in [3.05, 3.63) is 48.3 Å². The Hall–Kier alpha value is -1.88. The van der Waals surface area contributed by atoms with Gasteiger partial charge in [0.2, 0.25) is 0 Å². The lowest BCUT2D eigenvalue weighted by molar-refractivity contribution is 0.594. The Morgan fingerprint density at radius 3 is 3.05 bits per heavy atom. The summed E-state index contributed by atoms with van der Waals surface area (Å²) in [5.41, 5.74) is 2.69. The Bertz CT molecular complexity index is 785. The third-order valence-electron chi connectivity index (χ3n) is 3.31. The second-order valence-electron chi connectivity index (χ2n) is 4.77. The van der Waals surface area contributed by atoms with E-state index in [1.165, 1.54) is 6.26 Å². The summed E-state index contributed by atoms with van der Waals surface area (Å²) < 4.78 is 23.3. The monoisotopic (exact) mass is 274 g/mol. The van der Waals surface area contributed by atoms with E-state index in [0.29, 0.717) is 6.42 Å². The number of hydrogen-bond donors (Lipinski definition) is 1. The van der Waals surface area contributed by atoms with E-state index in [0.717, 1.165) is 22.2 Å². The third kappa shape index (κ3) is 2.33. The van der Waals surface area contributed by atoms with Gasteiger partial charge < -0.3 is 4.98 Å². The highest BCUT2D eigenvalue weighted by Crippen LogP contribution is 2.25. The van der Waals surface area contributed by atoms with Gasteiger partial charge in [-0.2, -0.15) is 0 Å². The van der Waals surface area contributed by atoms with Crippen LogP contribution in [-0.2, 0) is 9.84 Å². The molecule has 1 unspecified atom stereocenters. The average Bonchev–Trinajstić information content (AvgIpc) is 2.85. The van der Waals surface area contributed by atoms with Gasteiger partial charge in [-0.25, -0.2) is 13.4 Å². The number of aromatic amines is 1. The van der Waals surface area contributed by atoms with Crippen molar-refractivity contribution in [2.75, 3.05) is 6.26 Å². The summed E-state index contributed by atoms with van der Waals surface area (Å²) in [6, 6.07) is 3.96. The average molecular weight is 274 g/mol. The zero-order chi connectivity index (χ0) is 13.5. The minimum absolute atomic E-state index is 0.436. The van der Waals surface area contributed by atoms with Crippen LogP contribution in [0.15, 0.2) is 42.8 Å². The van der Waals surface area contributed by atoms with E-state index in [9.17, 15) is 8.42 Å². The quantitative estimate of drug-likeness (QED) is 0.914. The standard InChI is InChI=1S/C14H14N2O2S/c1-19(17,18)13-4-2-3-10(8-13)12-7-11-5-6-15-14(11)16-9-12/h2-3,5-9,13H,4H2,1H3,(H,15,16). The Morgan fingerprint density at radius 1 is 1.42 bits per heavy atom. The van der Waals surface area contributed by atoms with Crippen LogP contribution < -0.4 is 0 Å². The van der Waals surface area contributed by atoms with Crippen molar-refractivity contribution in [2.45, 2.75) is 11.7 Å². The van der Waals surface area contributed by atoms with Crippen molar-refractivity contribution in [1.29, 1.82) is 0 Å². The van der Waals surface area contributed by atoms with E-state index in [4.69, 9.17) is 0 Å². The minimum atomic E-state index is -3.05. The maximum Gasteiger partial charge on any atom is 0.154 e. The number of aromatic nitrogens is 2. The first-order chi connectivity index (χ1) is 9.04. The minimum Gasteiger partial charge on any atom is -0.346 e. The highest BCUT2D eigenvalue weighted by molar-refractivity contribution is 7.91. The third-order valence-corrected chi connectivity index (χ3v) is 4.74. The lowest BCUT2D eigenvalue weighted by Crippen LogP contribution is -2.18. The van der Waals surface area contributed by atoms with E-state index in [1.807, 2.05) is 36.6 Å². The fourth-order valence-corrected chi connectivity index (χ4v) is 3.10. The summed E-state index contributed by atoms with van der Waals surface area (Å²) in [4.78, 5) is 7.36. The molecule has 1 aliphatic rings. The number of sulfone groups is 1.